The molecule has 2 nitrogen and oxygen atoms in total. The maximum Gasteiger partial charge on any atom is 0.142 e. The van der Waals surface area contributed by atoms with E-state index in [1.807, 2.05) is 30.3 Å². The summed E-state index contributed by atoms with van der Waals surface area (Å²) >= 11 is 0. The number of aliphatic hydroxyl groups excluding tert-OH is 1. The molecule has 94 valence electrons. The number of benzene rings is 1. The van der Waals surface area contributed by atoms with Gasteiger partial charge < -0.3 is 9.84 Å². The lowest BCUT2D eigenvalue weighted by Gasteiger charge is -2.14. The van der Waals surface area contributed by atoms with Gasteiger partial charge >= 0.3 is 0 Å². The number of terminal acetylenes is 1. The van der Waals surface area contributed by atoms with Crippen molar-refractivity contribution in [2.45, 2.75) is 38.9 Å². The fraction of sp³-hybridized carbons (Fsp3) is 0.467. The first-order chi connectivity index (χ1) is 8.17. The highest BCUT2D eigenvalue weighted by Crippen LogP contribution is 2.41. The van der Waals surface area contributed by atoms with Crippen LogP contribution in [0.2, 0.25) is 0 Å². The molecule has 2 atom stereocenters. The van der Waals surface area contributed by atoms with Gasteiger partial charge in [-0.15, -0.1) is 12.8 Å². The van der Waals surface area contributed by atoms with Gasteiger partial charge in [0.05, 0.1) is 12.7 Å². The molecule has 2 heteroatoms. The highest BCUT2D eigenvalue weighted by Gasteiger charge is 2.50. The lowest BCUT2D eigenvalue weighted by Crippen LogP contribution is -2.24. The standard InChI is InChI=1S/C10H12O2.C3H8.C2H2/c1-8(11)10(7-12-10)9-5-3-2-4-6-9;1-3-2;1-2/h2-6,8,11H,7H2,1H3;3H2,1-2H3;1-2H. The van der Waals surface area contributed by atoms with Crippen LogP contribution in [-0.4, -0.2) is 17.8 Å². The Hall–Kier alpha value is -1.30. The predicted molar refractivity (Wildman–Crippen MR) is 71.6 cm³/mol. The summed E-state index contributed by atoms with van der Waals surface area (Å²) < 4.78 is 5.29. The molecule has 1 aliphatic rings. The minimum atomic E-state index is -0.431. The number of hydrogen-bond acceptors (Lipinski definition) is 2. The fourth-order valence-electron chi connectivity index (χ4n) is 1.45. The molecule has 0 aliphatic carbocycles. The van der Waals surface area contributed by atoms with E-state index in [9.17, 15) is 5.11 Å². The Kier molecular flexibility index (Phi) is 7.29. The van der Waals surface area contributed by atoms with Crippen molar-refractivity contribution in [2.24, 2.45) is 0 Å². The first kappa shape index (κ1) is 15.7. The summed E-state index contributed by atoms with van der Waals surface area (Å²) in [6.45, 7) is 6.65. The largest absolute Gasteiger partial charge is 0.390 e. The van der Waals surface area contributed by atoms with Gasteiger partial charge in [0, 0.05) is 0 Å². The van der Waals surface area contributed by atoms with Gasteiger partial charge in [-0.25, -0.2) is 0 Å². The number of epoxide rings is 1. The highest BCUT2D eigenvalue weighted by atomic mass is 16.6. The van der Waals surface area contributed by atoms with Crippen molar-refractivity contribution >= 4 is 0 Å². The minimum absolute atomic E-state index is 0.402. The average Bonchev–Trinajstić information content (AvgIpc) is 3.15. The molecule has 2 rings (SSSR count). The summed E-state index contributed by atoms with van der Waals surface area (Å²) in [5, 5.41) is 9.47. The minimum Gasteiger partial charge on any atom is -0.390 e. The topological polar surface area (TPSA) is 32.8 Å². The Labute approximate surface area is 105 Å². The van der Waals surface area contributed by atoms with E-state index >= 15 is 0 Å². The molecule has 1 aromatic rings. The summed E-state index contributed by atoms with van der Waals surface area (Å²) in [5.41, 5.74) is 0.668. The number of hydrogen-bond donors (Lipinski definition) is 1. The monoisotopic (exact) mass is 234 g/mol. The zero-order valence-electron chi connectivity index (χ0n) is 10.9. The van der Waals surface area contributed by atoms with Crippen LogP contribution in [0, 0.1) is 12.8 Å². The van der Waals surface area contributed by atoms with Crippen LogP contribution in [0.3, 0.4) is 0 Å². The number of aliphatic hydroxyl groups is 1. The maximum absolute atomic E-state index is 9.47. The van der Waals surface area contributed by atoms with Crippen LogP contribution in [0.25, 0.3) is 0 Å². The molecule has 17 heavy (non-hydrogen) atoms. The second kappa shape index (κ2) is 7.89. The normalized spacial score (nSPS) is 22.2. The SMILES string of the molecule is C#C.CC(O)C1(c2ccccc2)CO1.CCC. The number of ether oxygens (including phenoxy) is 1. The van der Waals surface area contributed by atoms with Crippen molar-refractivity contribution in [3.63, 3.8) is 0 Å². The van der Waals surface area contributed by atoms with Gasteiger partial charge in [-0.1, -0.05) is 50.6 Å². The quantitative estimate of drug-likeness (QED) is 0.630. The molecular weight excluding hydrogens is 212 g/mol. The molecule has 1 heterocycles. The summed E-state index contributed by atoms with van der Waals surface area (Å²) in [6, 6.07) is 9.85. The van der Waals surface area contributed by atoms with Crippen molar-refractivity contribution < 1.29 is 9.84 Å². The Bertz CT molecular complexity index is 310. The van der Waals surface area contributed by atoms with Crippen LogP contribution < -0.4 is 0 Å². The lowest BCUT2D eigenvalue weighted by molar-refractivity contribution is 0.0887. The van der Waals surface area contributed by atoms with Gasteiger partial charge in [0.25, 0.3) is 0 Å². The van der Waals surface area contributed by atoms with Crippen molar-refractivity contribution in [1.82, 2.24) is 0 Å². The van der Waals surface area contributed by atoms with Crippen LogP contribution in [-0.2, 0) is 10.3 Å². The predicted octanol–water partition coefficient (Wildman–Crippen LogP) is 2.96. The first-order valence-corrected chi connectivity index (χ1v) is 5.88. The van der Waals surface area contributed by atoms with E-state index in [2.05, 4.69) is 26.7 Å². The van der Waals surface area contributed by atoms with Gasteiger partial charge in [-0.2, -0.15) is 0 Å². The molecule has 0 radical (unpaired) electrons. The maximum atomic E-state index is 9.47. The molecule has 0 amide bonds. The van der Waals surface area contributed by atoms with E-state index < -0.39 is 11.7 Å². The first-order valence-electron chi connectivity index (χ1n) is 5.88. The Morgan fingerprint density at radius 2 is 1.71 bits per heavy atom. The fourth-order valence-corrected chi connectivity index (χ4v) is 1.45. The van der Waals surface area contributed by atoms with Crippen molar-refractivity contribution in [3.8, 4) is 12.8 Å². The van der Waals surface area contributed by atoms with Gasteiger partial charge in [-0.3, -0.25) is 0 Å². The second-order valence-corrected chi connectivity index (χ2v) is 3.93. The average molecular weight is 234 g/mol. The summed E-state index contributed by atoms with van der Waals surface area (Å²) in [4.78, 5) is 0. The van der Waals surface area contributed by atoms with Gasteiger partial charge in [0.1, 0.15) is 5.60 Å². The summed E-state index contributed by atoms with van der Waals surface area (Å²) in [5.74, 6) is 0. The molecule has 0 aromatic heterocycles. The van der Waals surface area contributed by atoms with Crippen LogP contribution in [0.4, 0.5) is 0 Å². The van der Waals surface area contributed by atoms with E-state index in [0.717, 1.165) is 5.56 Å². The summed E-state index contributed by atoms with van der Waals surface area (Å²) in [7, 11) is 0. The third kappa shape index (κ3) is 4.22. The Balaban J connectivity index is 0.000000450. The van der Waals surface area contributed by atoms with Crippen LogP contribution in [0.1, 0.15) is 32.8 Å². The van der Waals surface area contributed by atoms with Crippen molar-refractivity contribution in [3.05, 3.63) is 35.9 Å². The molecule has 1 aromatic carbocycles. The van der Waals surface area contributed by atoms with E-state index in [-0.39, 0.29) is 0 Å². The molecule has 0 spiro atoms. The van der Waals surface area contributed by atoms with Crippen molar-refractivity contribution in [2.75, 3.05) is 6.61 Å². The van der Waals surface area contributed by atoms with E-state index in [4.69, 9.17) is 4.74 Å². The van der Waals surface area contributed by atoms with E-state index in [0.29, 0.717) is 6.61 Å². The van der Waals surface area contributed by atoms with Gasteiger partial charge in [0.2, 0.25) is 0 Å². The van der Waals surface area contributed by atoms with Crippen LogP contribution >= 0.6 is 0 Å². The van der Waals surface area contributed by atoms with Crippen molar-refractivity contribution in [1.29, 1.82) is 0 Å². The zero-order valence-corrected chi connectivity index (χ0v) is 10.9. The number of rotatable bonds is 2. The molecule has 1 saturated heterocycles. The van der Waals surface area contributed by atoms with E-state index in [1.165, 1.54) is 6.42 Å². The van der Waals surface area contributed by atoms with Crippen LogP contribution in [0.5, 0.6) is 0 Å². The Morgan fingerprint density at radius 1 is 1.29 bits per heavy atom. The van der Waals surface area contributed by atoms with Gasteiger partial charge in [-0.05, 0) is 12.5 Å². The smallest absolute Gasteiger partial charge is 0.142 e. The lowest BCUT2D eigenvalue weighted by atomic mass is 9.95. The molecule has 1 fully saturated rings. The third-order valence-electron chi connectivity index (χ3n) is 2.39. The second-order valence-electron chi connectivity index (χ2n) is 3.93. The Morgan fingerprint density at radius 3 is 2.00 bits per heavy atom. The molecule has 1 aliphatic heterocycles. The third-order valence-corrected chi connectivity index (χ3v) is 2.39. The molecular formula is C15H22O2. The molecule has 1 N–H and O–H groups in total. The molecule has 2 unspecified atom stereocenters. The highest BCUT2D eigenvalue weighted by molar-refractivity contribution is 5.27. The summed E-state index contributed by atoms with van der Waals surface area (Å²) in [6.07, 6.45) is 8.82. The van der Waals surface area contributed by atoms with Gasteiger partial charge in [0.15, 0.2) is 0 Å². The van der Waals surface area contributed by atoms with E-state index in [1.54, 1.807) is 6.92 Å². The van der Waals surface area contributed by atoms with Crippen LogP contribution in [0.15, 0.2) is 30.3 Å². The molecule has 0 bridgehead atoms. The zero-order chi connectivity index (χ0) is 13.3. The molecule has 0 saturated carbocycles.